The first-order valence-electron chi connectivity index (χ1n) is 10.9. The number of aromatic nitrogens is 2. The second kappa shape index (κ2) is 8.79. The Balaban J connectivity index is 1.87. The summed E-state index contributed by atoms with van der Waals surface area (Å²) in [6, 6.07) is 6.04. The van der Waals surface area contributed by atoms with Crippen LogP contribution in [0.1, 0.15) is 48.3 Å². The van der Waals surface area contributed by atoms with Crippen LogP contribution in [0, 0.1) is 20.8 Å². The summed E-state index contributed by atoms with van der Waals surface area (Å²) in [5, 5.41) is 1.00. The van der Waals surface area contributed by atoms with Crippen molar-refractivity contribution >= 4 is 39.2 Å². The zero-order valence-electron chi connectivity index (χ0n) is 18.8. The molecule has 4 rings (SSSR count). The number of nitrogens with zero attached hydrogens (tertiary/aromatic N) is 3. The summed E-state index contributed by atoms with van der Waals surface area (Å²) < 4.78 is 1.71. The molecule has 31 heavy (non-hydrogen) atoms. The van der Waals surface area contributed by atoms with E-state index >= 15 is 0 Å². The topological polar surface area (TPSA) is 55.2 Å². The lowest BCUT2D eigenvalue weighted by Crippen LogP contribution is -2.34. The number of hydrogen-bond donors (Lipinski definition) is 0. The predicted octanol–water partition coefficient (Wildman–Crippen LogP) is 5.04. The Bertz CT molecular complexity index is 1210. The molecule has 0 spiro atoms. The highest BCUT2D eigenvalue weighted by atomic mass is 32.2. The summed E-state index contributed by atoms with van der Waals surface area (Å²) in [7, 11) is 0. The summed E-state index contributed by atoms with van der Waals surface area (Å²) in [5.41, 5.74) is 4.14. The molecule has 1 fully saturated rings. The summed E-state index contributed by atoms with van der Waals surface area (Å²) in [4.78, 5) is 35.5. The lowest BCUT2D eigenvalue weighted by atomic mass is 10.1. The van der Waals surface area contributed by atoms with Crippen LogP contribution in [-0.4, -0.2) is 38.7 Å². The van der Waals surface area contributed by atoms with Crippen LogP contribution in [0.15, 0.2) is 28.2 Å². The smallest absolute Gasteiger partial charge is 0.267 e. The normalized spacial score (nSPS) is 15.1. The minimum atomic E-state index is -0.299. The fraction of sp³-hybridized carbons (Fsp3) is 0.458. The zero-order valence-corrected chi connectivity index (χ0v) is 20.5. The number of hydrogen-bond acceptors (Lipinski definition) is 5. The Morgan fingerprint density at radius 2 is 1.90 bits per heavy atom. The van der Waals surface area contributed by atoms with Gasteiger partial charge in [-0.15, -0.1) is 11.3 Å². The van der Waals surface area contributed by atoms with Gasteiger partial charge in [-0.3, -0.25) is 14.2 Å². The van der Waals surface area contributed by atoms with Gasteiger partial charge in [0.2, 0.25) is 5.91 Å². The zero-order chi connectivity index (χ0) is 22.3. The molecule has 0 bridgehead atoms. The number of rotatable bonds is 5. The van der Waals surface area contributed by atoms with Crippen molar-refractivity contribution in [3.63, 3.8) is 0 Å². The Hall–Kier alpha value is -2.12. The van der Waals surface area contributed by atoms with E-state index in [1.165, 1.54) is 17.3 Å². The van der Waals surface area contributed by atoms with Gasteiger partial charge in [0, 0.05) is 18.0 Å². The Morgan fingerprint density at radius 1 is 1.19 bits per heavy atom. The van der Waals surface area contributed by atoms with E-state index in [0.29, 0.717) is 10.5 Å². The predicted molar refractivity (Wildman–Crippen MR) is 130 cm³/mol. The standard InChI is InChI=1S/C24H29N3O2S2/c1-6-19-16(4)30-21-20(19)23(29)27(18-10-9-14(2)15(3)13-18)24(25-21)31-17(5)22(28)26-11-7-8-12-26/h9-10,13,17H,6-8,11-12H2,1-5H3. The molecule has 1 amide bonds. The maximum atomic E-state index is 13.8. The maximum Gasteiger partial charge on any atom is 0.267 e. The number of benzene rings is 1. The van der Waals surface area contributed by atoms with Crippen molar-refractivity contribution in [3.8, 4) is 5.69 Å². The van der Waals surface area contributed by atoms with E-state index in [1.54, 1.807) is 15.9 Å². The molecular formula is C24H29N3O2S2. The van der Waals surface area contributed by atoms with Gasteiger partial charge in [-0.25, -0.2) is 4.98 Å². The van der Waals surface area contributed by atoms with E-state index in [0.717, 1.165) is 58.9 Å². The van der Waals surface area contributed by atoms with Gasteiger partial charge in [-0.1, -0.05) is 24.8 Å². The molecule has 0 N–H and O–H groups in total. The third-order valence-corrected chi connectivity index (χ3v) is 8.23. The Labute approximate surface area is 191 Å². The molecule has 0 radical (unpaired) electrons. The molecular weight excluding hydrogens is 426 g/mol. The van der Waals surface area contributed by atoms with Crippen LogP contribution in [0.3, 0.4) is 0 Å². The van der Waals surface area contributed by atoms with Crippen LogP contribution in [0.25, 0.3) is 15.9 Å². The highest BCUT2D eigenvalue weighted by molar-refractivity contribution is 8.00. The monoisotopic (exact) mass is 455 g/mol. The van der Waals surface area contributed by atoms with Gasteiger partial charge in [0.1, 0.15) is 4.83 Å². The van der Waals surface area contributed by atoms with Crippen LogP contribution in [0.2, 0.25) is 0 Å². The molecule has 0 aliphatic carbocycles. The number of likely N-dealkylation sites (tertiary alicyclic amines) is 1. The van der Waals surface area contributed by atoms with Crippen LogP contribution in [-0.2, 0) is 11.2 Å². The largest absolute Gasteiger partial charge is 0.342 e. The molecule has 1 atom stereocenters. The van der Waals surface area contributed by atoms with Crippen molar-refractivity contribution in [1.29, 1.82) is 0 Å². The van der Waals surface area contributed by atoms with Crippen molar-refractivity contribution in [1.82, 2.24) is 14.5 Å². The number of thioether (sulfide) groups is 1. The molecule has 3 aromatic rings. The van der Waals surface area contributed by atoms with Crippen LogP contribution < -0.4 is 5.56 Å². The van der Waals surface area contributed by atoms with Crippen molar-refractivity contribution in [2.24, 2.45) is 0 Å². The summed E-state index contributed by atoms with van der Waals surface area (Å²) in [5.74, 6) is 0.125. The highest BCUT2D eigenvalue weighted by Gasteiger charge is 2.27. The maximum absolute atomic E-state index is 13.8. The lowest BCUT2D eigenvalue weighted by molar-refractivity contribution is -0.129. The van der Waals surface area contributed by atoms with E-state index < -0.39 is 0 Å². The van der Waals surface area contributed by atoms with Crippen molar-refractivity contribution in [2.45, 2.75) is 64.3 Å². The van der Waals surface area contributed by atoms with Crippen molar-refractivity contribution < 1.29 is 4.79 Å². The van der Waals surface area contributed by atoms with Crippen LogP contribution >= 0.6 is 23.1 Å². The Morgan fingerprint density at radius 3 is 2.55 bits per heavy atom. The average Bonchev–Trinajstić information content (AvgIpc) is 3.37. The summed E-state index contributed by atoms with van der Waals surface area (Å²) >= 11 is 2.96. The van der Waals surface area contributed by atoms with Gasteiger partial charge < -0.3 is 4.90 Å². The summed E-state index contributed by atoms with van der Waals surface area (Å²) in [6.45, 7) is 11.8. The lowest BCUT2D eigenvalue weighted by Gasteiger charge is -2.21. The quantitative estimate of drug-likeness (QED) is 0.400. The molecule has 5 nitrogen and oxygen atoms in total. The molecule has 1 aromatic carbocycles. The minimum absolute atomic E-state index is 0.0437. The minimum Gasteiger partial charge on any atom is -0.342 e. The molecule has 3 heterocycles. The molecule has 164 valence electrons. The molecule has 1 aliphatic heterocycles. The highest BCUT2D eigenvalue weighted by Crippen LogP contribution is 2.32. The summed E-state index contributed by atoms with van der Waals surface area (Å²) in [6.07, 6.45) is 2.93. The van der Waals surface area contributed by atoms with Crippen molar-refractivity contribution in [2.75, 3.05) is 13.1 Å². The van der Waals surface area contributed by atoms with E-state index in [2.05, 4.69) is 20.8 Å². The fourth-order valence-electron chi connectivity index (χ4n) is 4.20. The third kappa shape index (κ3) is 4.05. The number of amides is 1. The van der Waals surface area contributed by atoms with Gasteiger partial charge in [0.25, 0.3) is 5.56 Å². The van der Waals surface area contributed by atoms with Gasteiger partial charge in [-0.2, -0.15) is 0 Å². The van der Waals surface area contributed by atoms with E-state index in [1.807, 2.05) is 36.9 Å². The molecule has 1 unspecified atom stereocenters. The molecule has 1 saturated heterocycles. The fourth-order valence-corrected chi connectivity index (χ4v) is 6.36. The van der Waals surface area contributed by atoms with E-state index in [-0.39, 0.29) is 16.7 Å². The third-order valence-electron chi connectivity index (χ3n) is 6.15. The van der Waals surface area contributed by atoms with Gasteiger partial charge >= 0.3 is 0 Å². The average molecular weight is 456 g/mol. The molecule has 2 aromatic heterocycles. The van der Waals surface area contributed by atoms with Gasteiger partial charge in [0.05, 0.1) is 16.3 Å². The van der Waals surface area contributed by atoms with Gasteiger partial charge in [0.15, 0.2) is 5.16 Å². The second-order valence-electron chi connectivity index (χ2n) is 8.27. The van der Waals surface area contributed by atoms with E-state index in [4.69, 9.17) is 4.98 Å². The number of fused-ring (bicyclic) bond motifs is 1. The van der Waals surface area contributed by atoms with Crippen LogP contribution in [0.4, 0.5) is 0 Å². The molecule has 0 saturated carbocycles. The number of carbonyl (C=O) groups is 1. The Kier molecular flexibility index (Phi) is 6.26. The van der Waals surface area contributed by atoms with Crippen LogP contribution in [0.5, 0.6) is 0 Å². The number of thiophene rings is 1. The second-order valence-corrected chi connectivity index (χ2v) is 10.8. The van der Waals surface area contributed by atoms with Gasteiger partial charge in [-0.05, 0) is 75.8 Å². The van der Waals surface area contributed by atoms with E-state index in [9.17, 15) is 9.59 Å². The SMILES string of the molecule is CCc1c(C)sc2nc(SC(C)C(=O)N3CCCC3)n(-c3ccc(C)c(C)c3)c(=O)c12. The number of carbonyl (C=O) groups excluding carboxylic acids is 1. The first-order chi connectivity index (χ1) is 14.8. The first-order valence-corrected chi connectivity index (χ1v) is 12.6. The number of aryl methyl sites for hydroxylation is 4. The first kappa shape index (κ1) is 22.1. The molecule has 1 aliphatic rings. The molecule has 7 heteroatoms. The van der Waals surface area contributed by atoms with Crippen molar-refractivity contribution in [3.05, 3.63) is 50.1 Å².